The van der Waals surface area contributed by atoms with Gasteiger partial charge < -0.3 is 14.6 Å². The van der Waals surface area contributed by atoms with Crippen LogP contribution in [-0.4, -0.2) is 33.6 Å². The molecule has 1 aromatic heterocycles. The van der Waals surface area contributed by atoms with Gasteiger partial charge in [0.1, 0.15) is 6.54 Å². The van der Waals surface area contributed by atoms with Gasteiger partial charge in [-0.25, -0.2) is 0 Å². The highest BCUT2D eigenvalue weighted by Crippen LogP contribution is 2.33. The smallest absolute Gasteiger partial charge is 0.242 e. The molecule has 0 saturated carbocycles. The van der Waals surface area contributed by atoms with Gasteiger partial charge in [-0.1, -0.05) is 45.7 Å². The first-order chi connectivity index (χ1) is 13.0. The minimum Gasteiger partial charge on any atom is -0.385 e. The van der Waals surface area contributed by atoms with Gasteiger partial charge in [-0.15, -0.1) is 0 Å². The predicted molar refractivity (Wildman–Crippen MR) is 111 cm³/mol. The van der Waals surface area contributed by atoms with Crippen molar-refractivity contribution in [2.75, 3.05) is 13.1 Å². The summed E-state index contributed by atoms with van der Waals surface area (Å²) in [6.07, 6.45) is 3.00. The number of fused-ring (bicyclic) bond motifs is 1. The second-order valence-corrected chi connectivity index (χ2v) is 8.33. The molecule has 140 valence electrons. The molecule has 0 spiro atoms. The Morgan fingerprint density at radius 3 is 2.52 bits per heavy atom. The molecule has 0 radical (unpaired) electrons. The van der Waals surface area contributed by atoms with Crippen LogP contribution in [0.25, 0.3) is 10.9 Å². The summed E-state index contributed by atoms with van der Waals surface area (Å²) in [5, 5.41) is 12.7. The first-order valence-corrected chi connectivity index (χ1v) is 10.1. The molecule has 1 saturated heterocycles. The number of benzene rings is 2. The Morgan fingerprint density at radius 1 is 1.11 bits per heavy atom. The maximum atomic E-state index is 12.8. The van der Waals surface area contributed by atoms with Crippen LogP contribution in [0.4, 0.5) is 0 Å². The number of carbonyl (C=O) groups is 1. The second-order valence-electron chi connectivity index (χ2n) is 7.04. The van der Waals surface area contributed by atoms with Gasteiger partial charge >= 0.3 is 0 Å². The van der Waals surface area contributed by atoms with E-state index in [2.05, 4.69) is 15.9 Å². The molecule has 2 heterocycles. The number of piperidine rings is 1. The van der Waals surface area contributed by atoms with E-state index in [1.54, 1.807) is 12.1 Å². The number of carbonyl (C=O) groups excluding carboxylic acids is 1. The number of aliphatic hydroxyl groups is 1. The van der Waals surface area contributed by atoms with Crippen molar-refractivity contribution < 1.29 is 9.90 Å². The number of rotatable bonds is 3. The van der Waals surface area contributed by atoms with Crippen molar-refractivity contribution in [1.29, 1.82) is 0 Å². The highest BCUT2D eigenvalue weighted by Gasteiger charge is 2.35. The van der Waals surface area contributed by atoms with Crippen LogP contribution < -0.4 is 0 Å². The lowest BCUT2D eigenvalue weighted by molar-refractivity contribution is -0.136. The minimum atomic E-state index is -0.896. The van der Waals surface area contributed by atoms with Crippen LogP contribution >= 0.6 is 27.5 Å². The van der Waals surface area contributed by atoms with Gasteiger partial charge in [-0.2, -0.15) is 0 Å². The molecule has 1 aliphatic heterocycles. The van der Waals surface area contributed by atoms with Crippen LogP contribution in [0.1, 0.15) is 18.4 Å². The minimum absolute atomic E-state index is 0.0747. The van der Waals surface area contributed by atoms with Gasteiger partial charge in [0.2, 0.25) is 5.91 Å². The fourth-order valence-corrected chi connectivity index (χ4v) is 4.36. The molecule has 4 nitrogen and oxygen atoms in total. The van der Waals surface area contributed by atoms with Crippen molar-refractivity contribution in [1.82, 2.24) is 9.47 Å². The summed E-state index contributed by atoms with van der Waals surface area (Å²) in [6.45, 7) is 1.39. The summed E-state index contributed by atoms with van der Waals surface area (Å²) in [5.74, 6) is 0.0747. The summed E-state index contributed by atoms with van der Waals surface area (Å²) in [4.78, 5) is 14.6. The van der Waals surface area contributed by atoms with E-state index in [9.17, 15) is 9.90 Å². The second kappa shape index (κ2) is 7.30. The fourth-order valence-electron chi connectivity index (χ4n) is 3.74. The maximum absolute atomic E-state index is 12.8. The van der Waals surface area contributed by atoms with Crippen LogP contribution in [0.5, 0.6) is 0 Å². The number of amides is 1. The predicted octanol–water partition coefficient (Wildman–Crippen LogP) is 4.57. The molecular weight excluding hydrogens is 428 g/mol. The molecule has 6 heteroatoms. The Labute approximate surface area is 171 Å². The average molecular weight is 448 g/mol. The molecule has 1 fully saturated rings. The lowest BCUT2D eigenvalue weighted by Crippen LogP contribution is -2.46. The van der Waals surface area contributed by atoms with E-state index in [4.69, 9.17) is 11.6 Å². The lowest BCUT2D eigenvalue weighted by Gasteiger charge is -2.38. The Balaban J connectivity index is 1.44. The first kappa shape index (κ1) is 18.5. The van der Waals surface area contributed by atoms with E-state index >= 15 is 0 Å². The van der Waals surface area contributed by atoms with E-state index in [0.717, 1.165) is 20.9 Å². The Kier molecular flexibility index (Phi) is 5.01. The third-order valence-corrected chi connectivity index (χ3v) is 6.33. The summed E-state index contributed by atoms with van der Waals surface area (Å²) in [7, 11) is 0. The normalized spacial score (nSPS) is 16.6. The molecule has 0 atom stereocenters. The Bertz CT molecular complexity index is 976. The van der Waals surface area contributed by atoms with Gasteiger partial charge in [0.15, 0.2) is 0 Å². The summed E-state index contributed by atoms with van der Waals surface area (Å²) in [6, 6.07) is 15.3. The largest absolute Gasteiger partial charge is 0.385 e. The van der Waals surface area contributed by atoms with Crippen LogP contribution in [-0.2, 0) is 16.9 Å². The number of hydrogen-bond acceptors (Lipinski definition) is 2. The van der Waals surface area contributed by atoms with Gasteiger partial charge in [0.25, 0.3) is 0 Å². The van der Waals surface area contributed by atoms with Crippen molar-refractivity contribution in [3.63, 3.8) is 0 Å². The van der Waals surface area contributed by atoms with Gasteiger partial charge in [0.05, 0.1) is 5.60 Å². The number of likely N-dealkylation sites (tertiary alicyclic amines) is 1. The monoisotopic (exact) mass is 446 g/mol. The topological polar surface area (TPSA) is 45.5 Å². The molecule has 0 unspecified atom stereocenters. The highest BCUT2D eigenvalue weighted by atomic mass is 79.9. The molecule has 1 N–H and O–H groups in total. The maximum Gasteiger partial charge on any atom is 0.242 e. The van der Waals surface area contributed by atoms with Crippen molar-refractivity contribution in [3.8, 4) is 0 Å². The number of halogens is 2. The molecule has 27 heavy (non-hydrogen) atoms. The zero-order valence-electron chi connectivity index (χ0n) is 14.7. The number of hydrogen-bond donors (Lipinski definition) is 1. The lowest BCUT2D eigenvalue weighted by atomic mass is 9.84. The van der Waals surface area contributed by atoms with E-state index in [1.807, 2.05) is 52.1 Å². The molecular formula is C21H20BrClN2O2. The van der Waals surface area contributed by atoms with Gasteiger partial charge in [0, 0.05) is 39.7 Å². The summed E-state index contributed by atoms with van der Waals surface area (Å²) >= 11 is 9.49. The van der Waals surface area contributed by atoms with Crippen molar-refractivity contribution in [3.05, 3.63) is 69.8 Å². The average Bonchev–Trinajstić information content (AvgIpc) is 3.07. The molecule has 3 aromatic rings. The van der Waals surface area contributed by atoms with Gasteiger partial charge in [-0.05, 0) is 48.7 Å². The Hall–Kier alpha value is -1.82. The van der Waals surface area contributed by atoms with Crippen LogP contribution in [0.2, 0.25) is 5.02 Å². The van der Waals surface area contributed by atoms with Crippen LogP contribution in [0.3, 0.4) is 0 Å². The number of aromatic nitrogens is 1. The Morgan fingerprint density at radius 2 is 1.81 bits per heavy atom. The standard InChI is InChI=1S/C21H20BrClN2O2/c22-18-2-1-3-19-17(18)8-11-25(19)14-20(26)24-12-9-21(27,10-13-24)15-4-6-16(23)7-5-15/h1-8,11,27H,9-10,12-14H2. The van der Waals surface area contributed by atoms with Crippen molar-refractivity contribution >= 4 is 44.3 Å². The van der Waals surface area contributed by atoms with E-state index in [-0.39, 0.29) is 5.91 Å². The first-order valence-electron chi connectivity index (χ1n) is 8.96. The fraction of sp³-hybridized carbons (Fsp3) is 0.286. The molecule has 2 aromatic carbocycles. The van der Waals surface area contributed by atoms with E-state index < -0.39 is 5.60 Å². The molecule has 0 bridgehead atoms. The van der Waals surface area contributed by atoms with Crippen molar-refractivity contribution in [2.45, 2.75) is 25.0 Å². The molecule has 4 rings (SSSR count). The van der Waals surface area contributed by atoms with E-state index in [0.29, 0.717) is 37.5 Å². The zero-order valence-corrected chi connectivity index (χ0v) is 17.1. The highest BCUT2D eigenvalue weighted by molar-refractivity contribution is 9.10. The SMILES string of the molecule is O=C(Cn1ccc2c(Br)cccc21)N1CCC(O)(c2ccc(Cl)cc2)CC1. The van der Waals surface area contributed by atoms with Crippen LogP contribution in [0.15, 0.2) is 59.2 Å². The molecule has 1 amide bonds. The van der Waals surface area contributed by atoms with Crippen molar-refractivity contribution in [2.24, 2.45) is 0 Å². The van der Waals surface area contributed by atoms with Gasteiger partial charge in [-0.3, -0.25) is 4.79 Å². The third kappa shape index (κ3) is 3.64. The molecule has 1 aliphatic rings. The van der Waals surface area contributed by atoms with Crippen LogP contribution in [0, 0.1) is 0 Å². The third-order valence-electron chi connectivity index (χ3n) is 5.39. The molecule has 0 aliphatic carbocycles. The quantitative estimate of drug-likeness (QED) is 0.639. The summed E-state index contributed by atoms with van der Waals surface area (Å²) < 4.78 is 3.00. The number of nitrogens with zero attached hydrogens (tertiary/aromatic N) is 2. The van der Waals surface area contributed by atoms with E-state index in [1.165, 1.54) is 0 Å². The summed E-state index contributed by atoms with van der Waals surface area (Å²) in [5.41, 5.74) is 1.000. The zero-order chi connectivity index (χ0) is 19.0.